The Balaban J connectivity index is 1.50. The molecule has 1 saturated carbocycles. The number of allylic oxidation sites excluding steroid dienone is 4. The van der Waals surface area contributed by atoms with Gasteiger partial charge in [0.15, 0.2) is 0 Å². The quantitative estimate of drug-likeness (QED) is 0.205. The zero-order valence-corrected chi connectivity index (χ0v) is 23.1. The standard InChI is InChI=1S/C32H35ClF3NO3/c33-31-26(14-7-16-29(31)32(34,35)36)21-37(17-8-18-40-27-15-6-9-23(19-27)20-30(38)39)22-28(25-12-4-5-13-25)24-10-2-1-3-11-24/h1-3,6-7,10-11,14-16,19-20,25,28H,4-5,8-9,12-13,17-18,21-22H2,(H,38,39). The monoisotopic (exact) mass is 573 g/mol. The van der Waals surface area contributed by atoms with Crippen molar-refractivity contribution in [1.82, 2.24) is 4.90 Å². The molecule has 1 atom stereocenters. The van der Waals surface area contributed by atoms with Crippen molar-refractivity contribution in [1.29, 1.82) is 0 Å². The highest BCUT2D eigenvalue weighted by Crippen LogP contribution is 2.39. The number of halogens is 4. The van der Waals surface area contributed by atoms with Crippen molar-refractivity contribution in [2.24, 2.45) is 5.92 Å². The summed E-state index contributed by atoms with van der Waals surface area (Å²) in [6.07, 6.45) is 7.92. The van der Waals surface area contributed by atoms with Crippen molar-refractivity contribution < 1.29 is 27.8 Å². The van der Waals surface area contributed by atoms with E-state index < -0.39 is 17.7 Å². The van der Waals surface area contributed by atoms with Gasteiger partial charge >= 0.3 is 12.1 Å². The van der Waals surface area contributed by atoms with Gasteiger partial charge in [0.25, 0.3) is 0 Å². The third kappa shape index (κ3) is 8.48. The molecule has 0 bridgehead atoms. The summed E-state index contributed by atoms with van der Waals surface area (Å²) >= 11 is 6.30. The van der Waals surface area contributed by atoms with Crippen LogP contribution in [0.3, 0.4) is 0 Å². The van der Waals surface area contributed by atoms with E-state index in [2.05, 4.69) is 17.0 Å². The van der Waals surface area contributed by atoms with E-state index in [-0.39, 0.29) is 10.9 Å². The largest absolute Gasteiger partial charge is 0.494 e. The SMILES string of the molecule is O=C(O)C=C1C=C(OCCCN(Cc2cccc(C(F)(F)F)c2Cl)CC(c2ccccc2)C2CCCC2)C=CC1. The molecule has 2 aromatic rings. The number of ether oxygens (including phenoxy) is 1. The minimum atomic E-state index is -4.52. The highest BCUT2D eigenvalue weighted by atomic mass is 35.5. The van der Waals surface area contributed by atoms with Crippen molar-refractivity contribution in [3.05, 3.63) is 106 Å². The maximum absolute atomic E-state index is 13.6. The van der Waals surface area contributed by atoms with E-state index in [4.69, 9.17) is 21.4 Å². The topological polar surface area (TPSA) is 49.8 Å². The van der Waals surface area contributed by atoms with Crippen LogP contribution in [0, 0.1) is 5.92 Å². The van der Waals surface area contributed by atoms with Crippen LogP contribution in [0.25, 0.3) is 0 Å². The molecule has 4 nitrogen and oxygen atoms in total. The van der Waals surface area contributed by atoms with Gasteiger partial charge in [-0.15, -0.1) is 0 Å². The molecule has 2 aliphatic rings. The number of hydrogen-bond donors (Lipinski definition) is 1. The number of alkyl halides is 3. The smallest absolute Gasteiger partial charge is 0.417 e. The number of rotatable bonds is 12. The average Bonchev–Trinajstić information content (AvgIpc) is 3.45. The number of carboxylic acid groups (broad SMARTS) is 1. The summed E-state index contributed by atoms with van der Waals surface area (Å²) in [5.41, 5.74) is 1.55. The zero-order valence-electron chi connectivity index (χ0n) is 22.4. The number of carboxylic acids is 1. The molecule has 2 aliphatic carbocycles. The molecule has 0 aromatic heterocycles. The number of aliphatic carboxylic acids is 1. The van der Waals surface area contributed by atoms with Gasteiger partial charge in [-0.2, -0.15) is 13.2 Å². The van der Waals surface area contributed by atoms with Gasteiger partial charge in [-0.25, -0.2) is 4.79 Å². The molecular formula is C32H35ClF3NO3. The zero-order chi connectivity index (χ0) is 28.5. The van der Waals surface area contributed by atoms with E-state index in [1.54, 1.807) is 12.1 Å². The van der Waals surface area contributed by atoms with Crippen LogP contribution in [-0.4, -0.2) is 35.7 Å². The summed E-state index contributed by atoms with van der Waals surface area (Å²) in [7, 11) is 0. The fourth-order valence-corrected chi connectivity index (χ4v) is 5.98. The Morgan fingerprint density at radius 2 is 1.88 bits per heavy atom. The minimum absolute atomic E-state index is 0.247. The van der Waals surface area contributed by atoms with Crippen molar-refractivity contribution in [3.63, 3.8) is 0 Å². The first kappa shape index (κ1) is 29.9. The van der Waals surface area contributed by atoms with Crippen molar-refractivity contribution in [3.8, 4) is 0 Å². The summed E-state index contributed by atoms with van der Waals surface area (Å²) in [5.74, 6) is 0.386. The lowest BCUT2D eigenvalue weighted by molar-refractivity contribution is -0.137. The van der Waals surface area contributed by atoms with Crippen molar-refractivity contribution in [2.75, 3.05) is 19.7 Å². The number of benzene rings is 2. The lowest BCUT2D eigenvalue weighted by Crippen LogP contribution is -2.32. The second-order valence-corrected chi connectivity index (χ2v) is 10.9. The molecule has 0 spiro atoms. The summed E-state index contributed by atoms with van der Waals surface area (Å²) in [6.45, 7) is 2.00. The molecule has 0 aliphatic heterocycles. The molecule has 0 saturated heterocycles. The maximum Gasteiger partial charge on any atom is 0.417 e. The van der Waals surface area contributed by atoms with Gasteiger partial charge in [-0.3, -0.25) is 4.90 Å². The number of nitrogens with zero attached hydrogens (tertiary/aromatic N) is 1. The van der Waals surface area contributed by atoms with Crippen LogP contribution in [0.1, 0.15) is 61.1 Å². The minimum Gasteiger partial charge on any atom is -0.494 e. The fourth-order valence-electron chi connectivity index (χ4n) is 5.69. The Morgan fingerprint density at radius 3 is 2.58 bits per heavy atom. The first-order valence-corrected chi connectivity index (χ1v) is 14.1. The molecule has 0 amide bonds. The average molecular weight is 574 g/mol. The van der Waals surface area contributed by atoms with Crippen LogP contribution in [0.5, 0.6) is 0 Å². The molecule has 214 valence electrons. The van der Waals surface area contributed by atoms with E-state index >= 15 is 0 Å². The van der Waals surface area contributed by atoms with Gasteiger partial charge in [0.05, 0.1) is 17.2 Å². The van der Waals surface area contributed by atoms with Crippen LogP contribution < -0.4 is 0 Å². The van der Waals surface area contributed by atoms with E-state index in [1.165, 1.54) is 30.5 Å². The summed E-state index contributed by atoms with van der Waals surface area (Å²) < 4.78 is 46.6. The van der Waals surface area contributed by atoms with E-state index in [0.29, 0.717) is 61.9 Å². The van der Waals surface area contributed by atoms with E-state index in [1.807, 2.05) is 30.4 Å². The Kier molecular flexibility index (Phi) is 10.5. The van der Waals surface area contributed by atoms with Crippen LogP contribution >= 0.6 is 11.6 Å². The molecule has 2 aromatic carbocycles. The predicted octanol–water partition coefficient (Wildman–Crippen LogP) is 8.40. The van der Waals surface area contributed by atoms with Gasteiger partial charge in [-0.05, 0) is 72.4 Å². The predicted molar refractivity (Wildman–Crippen MR) is 151 cm³/mol. The Morgan fingerprint density at radius 1 is 1.12 bits per heavy atom. The van der Waals surface area contributed by atoms with Gasteiger partial charge in [0.1, 0.15) is 5.76 Å². The number of carbonyl (C=O) groups is 1. The summed E-state index contributed by atoms with van der Waals surface area (Å²) in [6, 6.07) is 14.5. The molecule has 0 heterocycles. The lowest BCUT2D eigenvalue weighted by atomic mass is 9.84. The second kappa shape index (κ2) is 14.0. The van der Waals surface area contributed by atoms with Gasteiger partial charge < -0.3 is 9.84 Å². The van der Waals surface area contributed by atoms with Crippen LogP contribution in [0.15, 0.2) is 84.2 Å². The Labute approximate surface area is 238 Å². The first-order chi connectivity index (χ1) is 19.2. The van der Waals surface area contributed by atoms with Crippen LogP contribution in [-0.2, 0) is 22.3 Å². The molecule has 1 unspecified atom stereocenters. The van der Waals surface area contributed by atoms with Crippen LogP contribution in [0.2, 0.25) is 5.02 Å². The number of hydrogen-bond acceptors (Lipinski definition) is 3. The second-order valence-electron chi connectivity index (χ2n) is 10.5. The van der Waals surface area contributed by atoms with Gasteiger partial charge in [0.2, 0.25) is 0 Å². The van der Waals surface area contributed by atoms with Gasteiger partial charge in [-0.1, -0.05) is 73.0 Å². The molecule has 40 heavy (non-hydrogen) atoms. The molecule has 1 N–H and O–H groups in total. The van der Waals surface area contributed by atoms with Crippen LogP contribution in [0.4, 0.5) is 13.2 Å². The summed E-state index contributed by atoms with van der Waals surface area (Å²) in [5, 5.41) is 8.77. The Hall–Kier alpha value is -3.03. The van der Waals surface area contributed by atoms with Gasteiger partial charge in [0, 0.05) is 25.7 Å². The lowest BCUT2D eigenvalue weighted by Gasteiger charge is -2.32. The Bertz CT molecular complexity index is 1230. The first-order valence-electron chi connectivity index (χ1n) is 13.8. The van der Waals surface area contributed by atoms with E-state index in [0.717, 1.165) is 18.9 Å². The third-order valence-electron chi connectivity index (χ3n) is 7.59. The third-order valence-corrected chi connectivity index (χ3v) is 8.04. The molecule has 1 fully saturated rings. The summed E-state index contributed by atoms with van der Waals surface area (Å²) in [4.78, 5) is 13.2. The van der Waals surface area contributed by atoms with Crippen molar-refractivity contribution >= 4 is 17.6 Å². The van der Waals surface area contributed by atoms with E-state index in [9.17, 15) is 18.0 Å². The maximum atomic E-state index is 13.6. The normalized spacial score (nSPS) is 17.8. The highest BCUT2D eigenvalue weighted by molar-refractivity contribution is 6.32. The molecule has 8 heteroatoms. The van der Waals surface area contributed by atoms with Crippen molar-refractivity contribution in [2.45, 2.75) is 57.2 Å². The highest BCUT2D eigenvalue weighted by Gasteiger charge is 2.34. The molecular weight excluding hydrogens is 539 g/mol. The fraction of sp³-hybridized carbons (Fsp3) is 0.406. The molecule has 0 radical (unpaired) electrons. The molecule has 4 rings (SSSR count).